The smallest absolute Gasteiger partial charge is 0.333 e. The molecule has 5 rings (SSSR count). The number of carbonyl (C=O) groups is 4. The molecule has 1 saturated carbocycles. The second-order valence-corrected chi connectivity index (χ2v) is 10.3. The zero-order chi connectivity index (χ0) is 26.7. The number of nitrogens with one attached hydrogen (secondary N) is 3. The number of amides is 3. The summed E-state index contributed by atoms with van der Waals surface area (Å²) in [4.78, 5) is 49.4. The zero-order valence-corrected chi connectivity index (χ0v) is 22.1. The average molecular weight is 576 g/mol. The molecule has 8 nitrogen and oxygen atoms in total. The SMILES string of the molecule is O=C(NC/C=C1\CCOC1=O)C(=O)NCc1ccccc1C(=O)NC1(c2cc(Br)cc3ccccc23)CC1. The van der Waals surface area contributed by atoms with E-state index in [0.29, 0.717) is 29.7 Å². The molecule has 3 aromatic rings. The van der Waals surface area contributed by atoms with Crippen LogP contribution in [0, 0.1) is 0 Å². The third kappa shape index (κ3) is 5.47. The van der Waals surface area contributed by atoms with E-state index >= 15 is 0 Å². The van der Waals surface area contributed by atoms with Gasteiger partial charge in [-0.2, -0.15) is 0 Å². The van der Waals surface area contributed by atoms with Gasteiger partial charge >= 0.3 is 17.8 Å². The van der Waals surface area contributed by atoms with Crippen LogP contribution in [0.4, 0.5) is 0 Å². The molecule has 3 amide bonds. The summed E-state index contributed by atoms with van der Waals surface area (Å²) >= 11 is 3.60. The van der Waals surface area contributed by atoms with Crippen LogP contribution in [0.5, 0.6) is 0 Å². The van der Waals surface area contributed by atoms with Crippen molar-refractivity contribution < 1.29 is 23.9 Å². The standard InChI is InChI=1S/C29H26BrN3O5/c30-21-15-19-5-1-3-7-22(19)24(16-21)29(11-12-29)33-25(34)23-8-4-2-6-20(23)17-32-27(36)26(35)31-13-9-18-10-14-38-28(18)37/h1-9,15-16H,10-14,17H2,(H,31,35)(H,32,36)(H,33,34)/b18-9+. The number of esters is 1. The Kier molecular flexibility index (Phi) is 7.28. The van der Waals surface area contributed by atoms with E-state index in [0.717, 1.165) is 33.7 Å². The summed E-state index contributed by atoms with van der Waals surface area (Å²) < 4.78 is 5.79. The van der Waals surface area contributed by atoms with Gasteiger partial charge < -0.3 is 20.7 Å². The minimum absolute atomic E-state index is 0.01000. The first-order valence-electron chi connectivity index (χ1n) is 12.4. The summed E-state index contributed by atoms with van der Waals surface area (Å²) in [5.74, 6) is -2.30. The predicted molar refractivity (Wildman–Crippen MR) is 145 cm³/mol. The summed E-state index contributed by atoms with van der Waals surface area (Å²) in [6, 6.07) is 19.2. The summed E-state index contributed by atoms with van der Waals surface area (Å²) in [5.41, 5.74) is 2.12. The molecule has 9 heteroatoms. The van der Waals surface area contributed by atoms with Crippen molar-refractivity contribution in [2.45, 2.75) is 31.3 Å². The molecule has 1 saturated heterocycles. The number of carbonyl (C=O) groups excluding carboxylic acids is 4. The number of hydrogen-bond donors (Lipinski definition) is 3. The lowest BCUT2D eigenvalue weighted by Gasteiger charge is -2.21. The molecule has 38 heavy (non-hydrogen) atoms. The Morgan fingerprint density at radius 1 is 0.974 bits per heavy atom. The van der Waals surface area contributed by atoms with Crippen LogP contribution in [0.15, 0.2) is 76.8 Å². The number of ether oxygens (including phenoxy) is 1. The molecular formula is C29H26BrN3O5. The summed E-state index contributed by atoms with van der Waals surface area (Å²) in [6.45, 7) is 0.380. The molecule has 0 spiro atoms. The monoisotopic (exact) mass is 575 g/mol. The number of fused-ring (bicyclic) bond motifs is 1. The molecule has 0 aromatic heterocycles. The van der Waals surface area contributed by atoms with Gasteiger partial charge in [-0.25, -0.2) is 4.79 Å². The number of rotatable bonds is 7. The van der Waals surface area contributed by atoms with Crippen molar-refractivity contribution in [3.63, 3.8) is 0 Å². The maximum atomic E-state index is 13.4. The Bertz CT molecular complexity index is 1480. The van der Waals surface area contributed by atoms with Crippen LogP contribution in [-0.2, 0) is 31.2 Å². The Hall–Kier alpha value is -3.98. The second kappa shape index (κ2) is 10.8. The number of halogens is 1. The molecule has 0 radical (unpaired) electrons. The highest BCUT2D eigenvalue weighted by Gasteiger charge is 2.47. The van der Waals surface area contributed by atoms with Gasteiger partial charge in [-0.1, -0.05) is 64.5 Å². The van der Waals surface area contributed by atoms with Gasteiger partial charge in [-0.15, -0.1) is 0 Å². The van der Waals surface area contributed by atoms with Crippen molar-refractivity contribution >= 4 is 50.4 Å². The van der Waals surface area contributed by atoms with E-state index < -0.39 is 23.3 Å². The molecule has 0 unspecified atom stereocenters. The lowest BCUT2D eigenvalue weighted by atomic mass is 9.96. The minimum atomic E-state index is -0.827. The Morgan fingerprint density at radius 2 is 1.71 bits per heavy atom. The predicted octanol–water partition coefficient (Wildman–Crippen LogP) is 3.63. The maximum Gasteiger partial charge on any atom is 0.333 e. The van der Waals surface area contributed by atoms with Crippen LogP contribution in [-0.4, -0.2) is 36.8 Å². The molecule has 0 atom stereocenters. The third-order valence-corrected chi connectivity index (χ3v) is 7.29. The highest BCUT2D eigenvalue weighted by Crippen LogP contribution is 2.49. The first-order valence-corrected chi connectivity index (χ1v) is 13.2. The number of hydrogen-bond acceptors (Lipinski definition) is 5. The van der Waals surface area contributed by atoms with Crippen molar-refractivity contribution in [3.05, 3.63) is 93.5 Å². The fourth-order valence-corrected chi connectivity index (χ4v) is 5.15. The van der Waals surface area contributed by atoms with Crippen LogP contribution in [0.1, 0.15) is 40.7 Å². The van der Waals surface area contributed by atoms with E-state index in [1.54, 1.807) is 30.3 Å². The van der Waals surface area contributed by atoms with Gasteiger partial charge in [-0.3, -0.25) is 14.4 Å². The fourth-order valence-electron chi connectivity index (χ4n) is 4.67. The molecule has 3 N–H and O–H groups in total. The van der Waals surface area contributed by atoms with Crippen LogP contribution >= 0.6 is 15.9 Å². The molecule has 1 aliphatic carbocycles. The van der Waals surface area contributed by atoms with Gasteiger partial charge in [-0.05, 0) is 52.9 Å². The van der Waals surface area contributed by atoms with Crippen molar-refractivity contribution in [1.29, 1.82) is 0 Å². The average Bonchev–Trinajstić information content (AvgIpc) is 3.59. The number of cyclic esters (lactones) is 1. The zero-order valence-electron chi connectivity index (χ0n) is 20.5. The van der Waals surface area contributed by atoms with Gasteiger partial charge in [0.05, 0.1) is 12.1 Å². The first kappa shape index (κ1) is 25.7. The molecule has 3 aromatic carbocycles. The Morgan fingerprint density at radius 3 is 2.47 bits per heavy atom. The fraction of sp³-hybridized carbons (Fsp3) is 0.241. The van der Waals surface area contributed by atoms with Gasteiger partial charge in [0, 0.05) is 35.1 Å². The van der Waals surface area contributed by atoms with Gasteiger partial charge in [0.2, 0.25) is 0 Å². The summed E-state index contributed by atoms with van der Waals surface area (Å²) in [7, 11) is 0. The maximum absolute atomic E-state index is 13.4. The van der Waals surface area contributed by atoms with E-state index in [-0.39, 0.29) is 19.0 Å². The van der Waals surface area contributed by atoms with Gasteiger partial charge in [0.15, 0.2) is 0 Å². The molecule has 2 fully saturated rings. The van der Waals surface area contributed by atoms with Crippen LogP contribution in [0.2, 0.25) is 0 Å². The van der Waals surface area contributed by atoms with Crippen molar-refractivity contribution in [2.75, 3.05) is 13.2 Å². The Balaban J connectivity index is 1.24. The third-order valence-electron chi connectivity index (χ3n) is 6.83. The molecule has 0 bridgehead atoms. The normalized spacial score (nSPS) is 16.7. The van der Waals surface area contributed by atoms with Crippen LogP contribution < -0.4 is 16.0 Å². The first-order chi connectivity index (χ1) is 18.4. The number of benzene rings is 3. The lowest BCUT2D eigenvalue weighted by Crippen LogP contribution is -2.40. The minimum Gasteiger partial charge on any atom is -0.462 e. The largest absolute Gasteiger partial charge is 0.462 e. The van der Waals surface area contributed by atoms with E-state index in [1.807, 2.05) is 12.1 Å². The lowest BCUT2D eigenvalue weighted by molar-refractivity contribution is -0.139. The van der Waals surface area contributed by atoms with Crippen molar-refractivity contribution in [1.82, 2.24) is 16.0 Å². The highest BCUT2D eigenvalue weighted by molar-refractivity contribution is 9.10. The highest BCUT2D eigenvalue weighted by atomic mass is 79.9. The van der Waals surface area contributed by atoms with Crippen molar-refractivity contribution in [2.24, 2.45) is 0 Å². The Labute approximate surface area is 227 Å². The van der Waals surface area contributed by atoms with Crippen LogP contribution in [0.3, 0.4) is 0 Å². The van der Waals surface area contributed by atoms with Crippen molar-refractivity contribution in [3.8, 4) is 0 Å². The molecule has 194 valence electrons. The second-order valence-electron chi connectivity index (χ2n) is 9.38. The van der Waals surface area contributed by atoms with E-state index in [2.05, 4.69) is 56.1 Å². The molecule has 1 aliphatic heterocycles. The molecular weight excluding hydrogens is 550 g/mol. The van der Waals surface area contributed by atoms with Gasteiger partial charge in [0.1, 0.15) is 0 Å². The molecule has 2 aliphatic rings. The van der Waals surface area contributed by atoms with Gasteiger partial charge in [0.25, 0.3) is 5.91 Å². The van der Waals surface area contributed by atoms with E-state index in [9.17, 15) is 19.2 Å². The summed E-state index contributed by atoms with van der Waals surface area (Å²) in [6.07, 6.45) is 3.68. The summed E-state index contributed by atoms with van der Waals surface area (Å²) in [5, 5.41) is 10.5. The quantitative estimate of drug-likeness (QED) is 0.226. The topological polar surface area (TPSA) is 114 Å². The van der Waals surface area contributed by atoms with Crippen LogP contribution in [0.25, 0.3) is 10.8 Å². The molecule has 1 heterocycles. The van der Waals surface area contributed by atoms with E-state index in [1.165, 1.54) is 0 Å². The van der Waals surface area contributed by atoms with E-state index in [4.69, 9.17) is 4.74 Å².